The third-order valence-electron chi connectivity index (χ3n) is 3.43. The fraction of sp³-hybridized carbons (Fsp3) is 0.200. The molecule has 3 nitrogen and oxygen atoms in total. The van der Waals surface area contributed by atoms with Gasteiger partial charge in [-0.15, -0.1) is 0 Å². The predicted octanol–water partition coefficient (Wildman–Crippen LogP) is 2.73. The SMILES string of the molecule is CS(=O)(=O)c1ccc(-c2ccc3c(c2)CCN3)cc1. The fourth-order valence-corrected chi connectivity index (χ4v) is 3.01. The average molecular weight is 273 g/mol. The molecule has 0 saturated heterocycles. The lowest BCUT2D eigenvalue weighted by atomic mass is 10.0. The van der Waals surface area contributed by atoms with Gasteiger partial charge in [0, 0.05) is 18.5 Å². The molecule has 1 aliphatic heterocycles. The first-order valence-corrected chi connectivity index (χ1v) is 8.10. The van der Waals surface area contributed by atoms with Crippen molar-refractivity contribution in [2.24, 2.45) is 0 Å². The van der Waals surface area contributed by atoms with E-state index in [4.69, 9.17) is 0 Å². The first-order chi connectivity index (χ1) is 9.04. The van der Waals surface area contributed by atoms with Crippen molar-refractivity contribution in [3.05, 3.63) is 48.0 Å². The Kier molecular flexibility index (Phi) is 2.82. The van der Waals surface area contributed by atoms with E-state index in [0.717, 1.165) is 24.1 Å². The van der Waals surface area contributed by atoms with Gasteiger partial charge in [-0.2, -0.15) is 0 Å². The zero-order valence-corrected chi connectivity index (χ0v) is 11.5. The molecule has 1 aliphatic rings. The zero-order chi connectivity index (χ0) is 13.5. The maximum atomic E-state index is 11.4. The van der Waals surface area contributed by atoms with Crippen LogP contribution in [0.2, 0.25) is 0 Å². The summed E-state index contributed by atoms with van der Waals surface area (Å²) in [5.74, 6) is 0. The van der Waals surface area contributed by atoms with E-state index in [2.05, 4.69) is 23.5 Å². The Hall–Kier alpha value is -1.81. The summed E-state index contributed by atoms with van der Waals surface area (Å²) in [6.45, 7) is 0.992. The van der Waals surface area contributed by atoms with Gasteiger partial charge in [-0.1, -0.05) is 18.2 Å². The molecule has 0 spiro atoms. The summed E-state index contributed by atoms with van der Waals surface area (Å²) >= 11 is 0. The molecule has 19 heavy (non-hydrogen) atoms. The highest BCUT2D eigenvalue weighted by Crippen LogP contribution is 2.29. The van der Waals surface area contributed by atoms with Gasteiger partial charge in [0.15, 0.2) is 9.84 Å². The first kappa shape index (κ1) is 12.2. The molecule has 3 rings (SSSR count). The summed E-state index contributed by atoms with van der Waals surface area (Å²) in [7, 11) is -3.12. The van der Waals surface area contributed by atoms with Crippen molar-refractivity contribution in [2.45, 2.75) is 11.3 Å². The van der Waals surface area contributed by atoms with Crippen LogP contribution in [-0.2, 0) is 16.3 Å². The lowest BCUT2D eigenvalue weighted by molar-refractivity contribution is 0.602. The average Bonchev–Trinajstić information content (AvgIpc) is 2.85. The van der Waals surface area contributed by atoms with E-state index < -0.39 is 9.84 Å². The van der Waals surface area contributed by atoms with Crippen LogP contribution in [0.15, 0.2) is 47.4 Å². The number of hydrogen-bond donors (Lipinski definition) is 1. The molecule has 0 aromatic heterocycles. The molecule has 4 heteroatoms. The Balaban J connectivity index is 1.99. The summed E-state index contributed by atoms with van der Waals surface area (Å²) in [4.78, 5) is 0.360. The van der Waals surface area contributed by atoms with Gasteiger partial charge in [0.25, 0.3) is 0 Å². The van der Waals surface area contributed by atoms with E-state index in [0.29, 0.717) is 4.90 Å². The van der Waals surface area contributed by atoms with Gasteiger partial charge in [-0.05, 0) is 47.4 Å². The van der Waals surface area contributed by atoms with Gasteiger partial charge in [0.1, 0.15) is 0 Å². The van der Waals surface area contributed by atoms with E-state index in [1.54, 1.807) is 12.1 Å². The second kappa shape index (κ2) is 4.38. The van der Waals surface area contributed by atoms with E-state index in [1.807, 2.05) is 12.1 Å². The van der Waals surface area contributed by atoms with E-state index in [9.17, 15) is 8.42 Å². The van der Waals surface area contributed by atoms with E-state index in [-0.39, 0.29) is 0 Å². The lowest BCUT2D eigenvalue weighted by Crippen LogP contribution is -1.96. The molecule has 0 atom stereocenters. The number of hydrogen-bond acceptors (Lipinski definition) is 3. The van der Waals surface area contributed by atoms with Crippen molar-refractivity contribution < 1.29 is 8.42 Å². The van der Waals surface area contributed by atoms with E-state index in [1.165, 1.54) is 17.5 Å². The molecule has 1 N–H and O–H groups in total. The second-order valence-electron chi connectivity index (χ2n) is 4.85. The van der Waals surface area contributed by atoms with Crippen molar-refractivity contribution in [2.75, 3.05) is 18.1 Å². The molecule has 0 radical (unpaired) electrons. The van der Waals surface area contributed by atoms with Crippen LogP contribution in [-0.4, -0.2) is 21.2 Å². The van der Waals surface area contributed by atoms with Crippen molar-refractivity contribution in [3.63, 3.8) is 0 Å². The molecule has 0 saturated carbocycles. The second-order valence-corrected chi connectivity index (χ2v) is 6.86. The van der Waals surface area contributed by atoms with Crippen molar-refractivity contribution in [1.29, 1.82) is 0 Å². The largest absolute Gasteiger partial charge is 0.384 e. The van der Waals surface area contributed by atoms with Gasteiger partial charge in [-0.25, -0.2) is 8.42 Å². The Labute approximate surface area is 113 Å². The van der Waals surface area contributed by atoms with Crippen LogP contribution in [0.1, 0.15) is 5.56 Å². The smallest absolute Gasteiger partial charge is 0.175 e. The van der Waals surface area contributed by atoms with Crippen LogP contribution in [0, 0.1) is 0 Å². The summed E-state index contributed by atoms with van der Waals surface area (Å²) in [5, 5.41) is 3.33. The number of anilines is 1. The first-order valence-electron chi connectivity index (χ1n) is 6.21. The number of rotatable bonds is 2. The quantitative estimate of drug-likeness (QED) is 0.915. The van der Waals surface area contributed by atoms with Crippen LogP contribution >= 0.6 is 0 Å². The third kappa shape index (κ3) is 2.36. The molecule has 0 amide bonds. The standard InChI is InChI=1S/C15H15NO2S/c1-19(17,18)14-5-2-11(3-6-14)12-4-7-15-13(10-12)8-9-16-15/h2-7,10,16H,8-9H2,1H3. The highest BCUT2D eigenvalue weighted by Gasteiger charge is 2.11. The van der Waals surface area contributed by atoms with Gasteiger partial charge < -0.3 is 5.32 Å². The van der Waals surface area contributed by atoms with Crippen LogP contribution in [0.4, 0.5) is 5.69 Å². The molecule has 0 fully saturated rings. The number of nitrogens with one attached hydrogen (secondary N) is 1. The van der Waals surface area contributed by atoms with Gasteiger partial charge >= 0.3 is 0 Å². The minimum absolute atomic E-state index is 0.360. The molecular weight excluding hydrogens is 258 g/mol. The molecular formula is C15H15NO2S. The highest BCUT2D eigenvalue weighted by atomic mass is 32.2. The number of fused-ring (bicyclic) bond motifs is 1. The Morgan fingerprint density at radius 3 is 2.37 bits per heavy atom. The predicted molar refractivity (Wildman–Crippen MR) is 77.2 cm³/mol. The molecule has 0 unspecified atom stereocenters. The van der Waals surface area contributed by atoms with Gasteiger partial charge in [0.05, 0.1) is 4.90 Å². The van der Waals surface area contributed by atoms with Crippen molar-refractivity contribution in [1.82, 2.24) is 0 Å². The third-order valence-corrected chi connectivity index (χ3v) is 4.56. The van der Waals surface area contributed by atoms with Crippen LogP contribution in [0.5, 0.6) is 0 Å². The lowest BCUT2D eigenvalue weighted by Gasteiger charge is -2.06. The normalized spacial score (nSPS) is 13.9. The minimum Gasteiger partial charge on any atom is -0.384 e. The van der Waals surface area contributed by atoms with Crippen molar-refractivity contribution in [3.8, 4) is 11.1 Å². The topological polar surface area (TPSA) is 46.2 Å². The van der Waals surface area contributed by atoms with Crippen molar-refractivity contribution >= 4 is 15.5 Å². The highest BCUT2D eigenvalue weighted by molar-refractivity contribution is 7.90. The Morgan fingerprint density at radius 1 is 1.00 bits per heavy atom. The van der Waals surface area contributed by atoms with Crippen LogP contribution < -0.4 is 5.32 Å². The minimum atomic E-state index is -3.12. The number of sulfone groups is 1. The maximum Gasteiger partial charge on any atom is 0.175 e. The summed E-state index contributed by atoms with van der Waals surface area (Å²) in [6, 6.07) is 13.4. The molecule has 1 heterocycles. The van der Waals surface area contributed by atoms with Gasteiger partial charge in [0.2, 0.25) is 0 Å². The van der Waals surface area contributed by atoms with Gasteiger partial charge in [-0.3, -0.25) is 0 Å². The molecule has 2 aromatic carbocycles. The zero-order valence-electron chi connectivity index (χ0n) is 10.7. The number of benzene rings is 2. The summed E-state index contributed by atoms with van der Waals surface area (Å²) < 4.78 is 22.9. The molecule has 0 aliphatic carbocycles. The Morgan fingerprint density at radius 2 is 1.68 bits per heavy atom. The monoisotopic (exact) mass is 273 g/mol. The molecule has 98 valence electrons. The molecule has 2 aromatic rings. The maximum absolute atomic E-state index is 11.4. The van der Waals surface area contributed by atoms with E-state index >= 15 is 0 Å². The Bertz CT molecular complexity index is 718. The fourth-order valence-electron chi connectivity index (χ4n) is 2.38. The van der Waals surface area contributed by atoms with Crippen LogP contribution in [0.3, 0.4) is 0 Å². The molecule has 0 bridgehead atoms. The van der Waals surface area contributed by atoms with Crippen LogP contribution in [0.25, 0.3) is 11.1 Å². The summed E-state index contributed by atoms with van der Waals surface area (Å²) in [6.07, 6.45) is 2.27. The summed E-state index contributed by atoms with van der Waals surface area (Å²) in [5.41, 5.74) is 4.70.